The molecule has 1 heterocycles. The first-order chi connectivity index (χ1) is 11.6. The Balaban J connectivity index is 1.89. The Labute approximate surface area is 143 Å². The summed E-state index contributed by atoms with van der Waals surface area (Å²) < 4.78 is 27.9. The fourth-order valence-corrected chi connectivity index (χ4v) is 5.26. The second kappa shape index (κ2) is 7.59. The van der Waals surface area contributed by atoms with Gasteiger partial charge in [0.25, 0.3) is 0 Å². The Bertz CT molecular complexity index is 780. The minimum atomic E-state index is -3.56. The second-order valence-electron chi connectivity index (χ2n) is 6.48. The van der Waals surface area contributed by atoms with E-state index in [9.17, 15) is 8.42 Å². The van der Waals surface area contributed by atoms with Crippen molar-refractivity contribution in [2.45, 2.75) is 37.0 Å². The highest BCUT2D eigenvalue weighted by atomic mass is 32.2. The molecule has 1 aliphatic carbocycles. The normalized spacial score (nSPS) is 16.2. The van der Waals surface area contributed by atoms with Crippen molar-refractivity contribution in [2.75, 3.05) is 19.6 Å². The molecule has 130 valence electrons. The number of nitrogens with two attached hydrogens (primary N) is 1. The van der Waals surface area contributed by atoms with E-state index < -0.39 is 10.0 Å². The average Bonchev–Trinajstić information content (AvgIpc) is 3.11. The van der Waals surface area contributed by atoms with Crippen LogP contribution in [-0.2, 0) is 10.0 Å². The van der Waals surface area contributed by atoms with Crippen molar-refractivity contribution in [1.29, 1.82) is 0 Å². The van der Waals surface area contributed by atoms with Crippen molar-refractivity contribution in [3.63, 3.8) is 0 Å². The van der Waals surface area contributed by atoms with Crippen LogP contribution in [0, 0.1) is 5.92 Å². The van der Waals surface area contributed by atoms with Crippen molar-refractivity contribution in [1.82, 2.24) is 9.29 Å². The Hall–Kier alpha value is -1.50. The molecule has 0 spiro atoms. The molecule has 0 amide bonds. The Kier molecular flexibility index (Phi) is 5.48. The van der Waals surface area contributed by atoms with Gasteiger partial charge in [0.05, 0.1) is 4.90 Å². The lowest BCUT2D eigenvalue weighted by atomic mass is 10.0. The molecule has 5 nitrogen and oxygen atoms in total. The summed E-state index contributed by atoms with van der Waals surface area (Å²) in [6.07, 6.45) is 9.22. The van der Waals surface area contributed by atoms with Crippen molar-refractivity contribution in [2.24, 2.45) is 11.7 Å². The smallest absolute Gasteiger partial charge is 0.243 e. The van der Waals surface area contributed by atoms with E-state index in [1.165, 1.54) is 25.7 Å². The number of pyridine rings is 1. The summed E-state index contributed by atoms with van der Waals surface area (Å²) >= 11 is 0. The summed E-state index contributed by atoms with van der Waals surface area (Å²) in [5.41, 5.74) is 5.68. The van der Waals surface area contributed by atoms with Gasteiger partial charge in [-0.15, -0.1) is 0 Å². The van der Waals surface area contributed by atoms with Gasteiger partial charge < -0.3 is 5.73 Å². The number of nitrogens with zero attached hydrogens (tertiary/aromatic N) is 2. The van der Waals surface area contributed by atoms with Crippen molar-refractivity contribution in [3.05, 3.63) is 36.7 Å². The predicted octanol–water partition coefficient (Wildman–Crippen LogP) is 2.76. The monoisotopic (exact) mass is 347 g/mol. The second-order valence-corrected chi connectivity index (χ2v) is 8.39. The number of hydrogen-bond donors (Lipinski definition) is 1. The van der Waals surface area contributed by atoms with Crippen LogP contribution in [-0.4, -0.2) is 37.3 Å². The van der Waals surface area contributed by atoms with Crippen LogP contribution >= 0.6 is 0 Å². The lowest BCUT2D eigenvalue weighted by Gasteiger charge is -2.23. The van der Waals surface area contributed by atoms with E-state index in [2.05, 4.69) is 4.98 Å². The molecular formula is C18H25N3O2S. The summed E-state index contributed by atoms with van der Waals surface area (Å²) in [6, 6.07) is 7.10. The summed E-state index contributed by atoms with van der Waals surface area (Å²) in [5.74, 6) is 0.650. The van der Waals surface area contributed by atoms with Crippen molar-refractivity contribution < 1.29 is 8.42 Å². The molecule has 1 aromatic carbocycles. The first-order valence-corrected chi connectivity index (χ1v) is 10.1. The van der Waals surface area contributed by atoms with Crippen LogP contribution < -0.4 is 5.73 Å². The zero-order chi connectivity index (χ0) is 17.0. The number of benzene rings is 1. The van der Waals surface area contributed by atoms with Crippen molar-refractivity contribution in [3.8, 4) is 0 Å². The highest BCUT2D eigenvalue weighted by molar-refractivity contribution is 7.89. The summed E-state index contributed by atoms with van der Waals surface area (Å²) in [4.78, 5) is 4.43. The maximum atomic E-state index is 13.2. The Morgan fingerprint density at radius 1 is 1.17 bits per heavy atom. The van der Waals surface area contributed by atoms with Gasteiger partial charge in [0.15, 0.2) is 0 Å². The minimum Gasteiger partial charge on any atom is -0.329 e. The van der Waals surface area contributed by atoms with Crippen LogP contribution in [0.4, 0.5) is 0 Å². The Morgan fingerprint density at radius 2 is 1.96 bits per heavy atom. The fourth-order valence-electron chi connectivity index (χ4n) is 3.58. The SMILES string of the molecule is NCCN(CCC1CCCC1)S(=O)(=O)c1cccc2cnccc12. The number of sulfonamides is 1. The van der Waals surface area contributed by atoms with Gasteiger partial charge in [-0.05, 0) is 24.5 Å². The largest absolute Gasteiger partial charge is 0.329 e. The maximum Gasteiger partial charge on any atom is 0.243 e. The number of fused-ring (bicyclic) bond motifs is 1. The molecule has 1 saturated carbocycles. The molecule has 6 heteroatoms. The van der Waals surface area contributed by atoms with Gasteiger partial charge in [0.2, 0.25) is 10.0 Å². The molecular weight excluding hydrogens is 322 g/mol. The lowest BCUT2D eigenvalue weighted by molar-refractivity contribution is 0.370. The average molecular weight is 347 g/mol. The molecule has 0 atom stereocenters. The van der Waals surface area contributed by atoms with E-state index in [0.29, 0.717) is 30.4 Å². The van der Waals surface area contributed by atoms with Gasteiger partial charge in [-0.2, -0.15) is 4.31 Å². The molecule has 0 unspecified atom stereocenters. The third-order valence-corrected chi connectivity index (χ3v) is 6.86. The predicted molar refractivity (Wildman–Crippen MR) is 96.1 cm³/mol. The fraction of sp³-hybridized carbons (Fsp3) is 0.500. The third kappa shape index (κ3) is 3.61. The highest BCUT2D eigenvalue weighted by Gasteiger charge is 2.27. The standard InChI is InChI=1S/C18H25N3O2S/c19-10-13-21(12-9-15-4-1-2-5-15)24(22,23)18-7-3-6-16-14-20-11-8-17(16)18/h3,6-8,11,14-15H,1-2,4-5,9-10,12-13,19H2. The molecule has 24 heavy (non-hydrogen) atoms. The summed E-state index contributed by atoms with van der Waals surface area (Å²) in [5, 5.41) is 1.55. The van der Waals surface area contributed by atoms with Crippen LogP contribution in [0.15, 0.2) is 41.6 Å². The van der Waals surface area contributed by atoms with E-state index >= 15 is 0 Å². The van der Waals surface area contributed by atoms with Gasteiger partial charge in [-0.1, -0.05) is 37.8 Å². The van der Waals surface area contributed by atoms with E-state index in [-0.39, 0.29) is 0 Å². The zero-order valence-electron chi connectivity index (χ0n) is 13.9. The van der Waals surface area contributed by atoms with Gasteiger partial charge in [0.1, 0.15) is 0 Å². The summed E-state index contributed by atoms with van der Waals surface area (Å²) in [7, 11) is -3.56. The molecule has 0 saturated heterocycles. The number of aromatic nitrogens is 1. The molecule has 2 N–H and O–H groups in total. The van der Waals surface area contributed by atoms with Gasteiger partial charge in [-0.3, -0.25) is 4.98 Å². The Morgan fingerprint density at radius 3 is 2.71 bits per heavy atom. The van der Waals surface area contributed by atoms with E-state index in [4.69, 9.17) is 5.73 Å². The molecule has 0 aliphatic heterocycles. The minimum absolute atomic E-state index is 0.330. The first-order valence-electron chi connectivity index (χ1n) is 8.66. The number of hydrogen-bond acceptors (Lipinski definition) is 4. The van der Waals surface area contributed by atoms with Gasteiger partial charge in [0, 0.05) is 42.8 Å². The first kappa shape index (κ1) is 17.3. The van der Waals surface area contributed by atoms with Crippen LogP contribution in [0.3, 0.4) is 0 Å². The molecule has 1 aromatic heterocycles. The van der Waals surface area contributed by atoms with Gasteiger partial charge >= 0.3 is 0 Å². The maximum absolute atomic E-state index is 13.2. The molecule has 2 aromatic rings. The molecule has 1 fully saturated rings. The van der Waals surface area contributed by atoms with Crippen LogP contribution in [0.5, 0.6) is 0 Å². The molecule has 0 bridgehead atoms. The van der Waals surface area contributed by atoms with Crippen LogP contribution in [0.25, 0.3) is 10.8 Å². The zero-order valence-corrected chi connectivity index (χ0v) is 14.7. The van der Waals surface area contributed by atoms with Crippen molar-refractivity contribution >= 4 is 20.8 Å². The van der Waals surface area contributed by atoms with Gasteiger partial charge in [-0.25, -0.2) is 8.42 Å². The molecule has 3 rings (SSSR count). The van der Waals surface area contributed by atoms with E-state index in [1.807, 2.05) is 6.07 Å². The van der Waals surface area contributed by atoms with Crippen LogP contribution in [0.1, 0.15) is 32.1 Å². The quantitative estimate of drug-likeness (QED) is 0.835. The third-order valence-electron chi connectivity index (χ3n) is 4.90. The highest BCUT2D eigenvalue weighted by Crippen LogP contribution is 2.29. The topological polar surface area (TPSA) is 76.3 Å². The van der Waals surface area contributed by atoms with Crippen LogP contribution in [0.2, 0.25) is 0 Å². The number of rotatable bonds is 7. The molecule has 1 aliphatic rings. The van der Waals surface area contributed by atoms with E-state index in [0.717, 1.165) is 17.2 Å². The summed E-state index contributed by atoms with van der Waals surface area (Å²) in [6.45, 7) is 1.23. The molecule has 0 radical (unpaired) electrons. The van der Waals surface area contributed by atoms with E-state index in [1.54, 1.807) is 34.9 Å². The lowest BCUT2D eigenvalue weighted by Crippen LogP contribution is -2.36.